The van der Waals surface area contributed by atoms with Gasteiger partial charge in [-0.2, -0.15) is 0 Å². The molecular weight excluding hydrogens is 553 g/mol. The van der Waals surface area contributed by atoms with Gasteiger partial charge in [0.15, 0.2) is 0 Å². The van der Waals surface area contributed by atoms with Crippen LogP contribution >= 0.6 is 7.82 Å². The average molecular weight is 602 g/mol. The summed E-state index contributed by atoms with van der Waals surface area (Å²) in [6.45, 7) is 2.40. The number of phosphoric acid groups is 1. The fraction of sp³-hybridized carbons (Fsp3) is 0.724. The molecule has 0 aromatic heterocycles. The summed E-state index contributed by atoms with van der Waals surface area (Å²) in [5.41, 5.74) is 6.23. The molecule has 4 N–H and O–H groups in total. The van der Waals surface area contributed by atoms with Crippen molar-refractivity contribution in [3.05, 3.63) is 29.8 Å². The first-order valence-corrected chi connectivity index (χ1v) is 16.3. The van der Waals surface area contributed by atoms with Crippen molar-refractivity contribution in [3.8, 4) is 5.75 Å². The Labute approximate surface area is 243 Å². The third kappa shape index (κ3) is 15.2. The van der Waals surface area contributed by atoms with Gasteiger partial charge in [-0.05, 0) is 37.3 Å². The Morgan fingerprint density at radius 1 is 1.10 bits per heavy atom. The number of para-hydroxylation sites is 1. The molecule has 0 amide bonds. The normalized spacial score (nSPS) is 19.3. The van der Waals surface area contributed by atoms with E-state index in [4.69, 9.17) is 34.1 Å². The molecule has 234 valence electrons. The van der Waals surface area contributed by atoms with E-state index in [0.29, 0.717) is 32.5 Å². The number of hydrogen-bond donors (Lipinski definition) is 3. The Hall–Kier alpha value is -2.01. The van der Waals surface area contributed by atoms with Crippen molar-refractivity contribution < 1.29 is 47.4 Å². The van der Waals surface area contributed by atoms with Gasteiger partial charge in [0.1, 0.15) is 24.5 Å². The summed E-state index contributed by atoms with van der Waals surface area (Å²) in [6, 6.07) is 6.19. The molecule has 41 heavy (non-hydrogen) atoms. The lowest BCUT2D eigenvalue weighted by atomic mass is 10.1. The van der Waals surface area contributed by atoms with Gasteiger partial charge in [0.05, 0.1) is 19.3 Å². The van der Waals surface area contributed by atoms with Crippen LogP contribution in [0.25, 0.3) is 0 Å². The number of hydrogen-bond acceptors (Lipinski definition) is 9. The third-order valence-electron chi connectivity index (χ3n) is 6.87. The molecular formula is C29H48NO10P. The van der Waals surface area contributed by atoms with Crippen molar-refractivity contribution >= 4 is 19.8 Å². The molecule has 0 saturated carbocycles. The molecule has 1 aliphatic rings. The fourth-order valence-electron chi connectivity index (χ4n) is 4.47. The average Bonchev–Trinajstić information content (AvgIpc) is 2.95. The first-order chi connectivity index (χ1) is 19.7. The molecule has 4 atom stereocenters. The Bertz CT molecular complexity index is 946. The Kier molecular flexibility index (Phi) is 17.2. The Morgan fingerprint density at radius 2 is 1.78 bits per heavy atom. The predicted molar refractivity (Wildman–Crippen MR) is 154 cm³/mol. The van der Waals surface area contributed by atoms with Crippen molar-refractivity contribution in [1.82, 2.24) is 0 Å². The molecule has 0 spiro atoms. The highest BCUT2D eigenvalue weighted by Gasteiger charge is 2.36. The third-order valence-corrected chi connectivity index (χ3v) is 7.88. The second-order valence-corrected chi connectivity index (χ2v) is 11.8. The van der Waals surface area contributed by atoms with Crippen molar-refractivity contribution in [2.45, 2.75) is 109 Å². The summed E-state index contributed by atoms with van der Waals surface area (Å²) in [4.78, 5) is 33.3. The van der Waals surface area contributed by atoms with Gasteiger partial charge in [-0.25, -0.2) is 4.57 Å². The number of phosphoric ester groups is 1. The molecule has 2 rings (SSSR count). The number of esters is 1. The van der Waals surface area contributed by atoms with Gasteiger partial charge in [0.25, 0.3) is 0 Å². The number of carbonyl (C=O) groups excluding carboxylic acids is 1. The van der Waals surface area contributed by atoms with Crippen molar-refractivity contribution in [2.75, 3.05) is 26.4 Å². The molecule has 1 saturated heterocycles. The SMILES string of the molecule is CCCCCCCCCCCOc1ccccc1CCC(=O)OC[C@H]1OCCC[C@H]1OP(=O)(O)OC[C@H](N)C(=O)O. The number of benzene rings is 1. The molecule has 1 aliphatic heterocycles. The highest BCUT2D eigenvalue weighted by Crippen LogP contribution is 2.46. The van der Waals surface area contributed by atoms with Gasteiger partial charge in [-0.3, -0.25) is 18.6 Å². The molecule has 11 nitrogen and oxygen atoms in total. The van der Waals surface area contributed by atoms with Crippen LogP contribution in [0.15, 0.2) is 24.3 Å². The van der Waals surface area contributed by atoms with Crippen LogP contribution in [-0.2, 0) is 39.1 Å². The predicted octanol–water partition coefficient (Wildman–Crippen LogP) is 5.17. The molecule has 1 unspecified atom stereocenters. The lowest BCUT2D eigenvalue weighted by Gasteiger charge is -2.32. The highest BCUT2D eigenvalue weighted by molar-refractivity contribution is 7.47. The minimum atomic E-state index is -4.60. The maximum atomic E-state index is 12.5. The van der Waals surface area contributed by atoms with Crippen LogP contribution < -0.4 is 10.5 Å². The fourth-order valence-corrected chi connectivity index (χ4v) is 5.46. The lowest BCUT2D eigenvalue weighted by molar-refractivity contribution is -0.154. The van der Waals surface area contributed by atoms with Crippen LogP contribution in [-0.4, -0.2) is 66.6 Å². The highest BCUT2D eigenvalue weighted by atomic mass is 31.2. The minimum Gasteiger partial charge on any atom is -0.493 e. The Morgan fingerprint density at radius 3 is 2.49 bits per heavy atom. The topological polar surface area (TPSA) is 164 Å². The van der Waals surface area contributed by atoms with E-state index in [9.17, 15) is 19.0 Å². The standard InChI is InChI=1S/C29H48NO10P/c1-2-3-4-5-6-7-8-9-12-19-36-25-15-11-10-14-23(25)17-18-28(31)38-22-27-26(16-13-20-37-27)40-41(34,35)39-21-24(30)29(32)33/h10-11,14-15,24,26-27H,2-9,12-13,16-22,30H2,1H3,(H,32,33)(H,34,35)/t24-,26+,27+/m0/s1. The first-order valence-electron chi connectivity index (χ1n) is 14.8. The van der Waals surface area contributed by atoms with E-state index < -0.39 is 44.6 Å². The molecule has 1 fully saturated rings. The number of carboxylic acids is 1. The van der Waals surface area contributed by atoms with E-state index >= 15 is 0 Å². The summed E-state index contributed by atoms with van der Waals surface area (Å²) >= 11 is 0. The zero-order valence-corrected chi connectivity index (χ0v) is 25.1. The van der Waals surface area contributed by atoms with E-state index in [1.165, 1.54) is 44.9 Å². The van der Waals surface area contributed by atoms with Crippen LogP contribution in [0.2, 0.25) is 0 Å². The number of aryl methyl sites for hydroxylation is 1. The van der Waals surface area contributed by atoms with Crippen molar-refractivity contribution in [2.24, 2.45) is 5.73 Å². The van der Waals surface area contributed by atoms with Gasteiger partial charge >= 0.3 is 19.8 Å². The summed E-state index contributed by atoms with van der Waals surface area (Å²) < 4.78 is 39.2. The summed E-state index contributed by atoms with van der Waals surface area (Å²) in [7, 11) is -4.60. The van der Waals surface area contributed by atoms with Gasteiger partial charge < -0.3 is 29.9 Å². The van der Waals surface area contributed by atoms with Crippen LogP contribution in [0.4, 0.5) is 0 Å². The van der Waals surface area contributed by atoms with E-state index in [2.05, 4.69) is 6.92 Å². The zero-order valence-electron chi connectivity index (χ0n) is 24.2. The van der Waals surface area contributed by atoms with Crippen LogP contribution in [0, 0.1) is 0 Å². The minimum absolute atomic E-state index is 0.130. The Balaban J connectivity index is 1.71. The van der Waals surface area contributed by atoms with Crippen LogP contribution in [0.1, 0.15) is 89.5 Å². The summed E-state index contributed by atoms with van der Waals surface area (Å²) in [5, 5.41) is 8.80. The second-order valence-electron chi connectivity index (χ2n) is 10.4. The van der Waals surface area contributed by atoms with E-state index in [1.54, 1.807) is 0 Å². The van der Waals surface area contributed by atoms with E-state index in [1.807, 2.05) is 24.3 Å². The zero-order chi connectivity index (χ0) is 29.9. The molecule has 1 aromatic rings. The summed E-state index contributed by atoms with van der Waals surface area (Å²) in [5.74, 6) is -1.04. The van der Waals surface area contributed by atoms with E-state index in [-0.39, 0.29) is 13.0 Å². The maximum absolute atomic E-state index is 12.5. The maximum Gasteiger partial charge on any atom is 0.472 e. The van der Waals surface area contributed by atoms with Crippen molar-refractivity contribution in [1.29, 1.82) is 0 Å². The van der Waals surface area contributed by atoms with Gasteiger partial charge in [0.2, 0.25) is 0 Å². The first kappa shape index (κ1) is 35.2. The van der Waals surface area contributed by atoms with Gasteiger partial charge in [0, 0.05) is 13.0 Å². The number of nitrogens with two attached hydrogens (primary N) is 1. The van der Waals surface area contributed by atoms with Crippen LogP contribution in [0.3, 0.4) is 0 Å². The molecule has 0 aliphatic carbocycles. The number of rotatable bonds is 22. The number of unbranched alkanes of at least 4 members (excludes halogenated alkanes) is 8. The number of carbonyl (C=O) groups is 2. The lowest BCUT2D eigenvalue weighted by Crippen LogP contribution is -2.40. The number of ether oxygens (including phenoxy) is 3. The molecule has 0 bridgehead atoms. The van der Waals surface area contributed by atoms with Crippen LogP contribution in [0.5, 0.6) is 5.75 Å². The largest absolute Gasteiger partial charge is 0.493 e. The number of carboxylic acid groups (broad SMARTS) is 1. The molecule has 12 heteroatoms. The molecule has 1 aromatic carbocycles. The molecule has 1 heterocycles. The second kappa shape index (κ2) is 20.0. The molecule has 0 radical (unpaired) electrons. The number of aliphatic carboxylic acids is 1. The van der Waals surface area contributed by atoms with E-state index in [0.717, 1.165) is 24.2 Å². The van der Waals surface area contributed by atoms with Gasteiger partial charge in [-0.15, -0.1) is 0 Å². The van der Waals surface area contributed by atoms with Gasteiger partial charge in [-0.1, -0.05) is 76.5 Å². The van der Waals surface area contributed by atoms with Crippen molar-refractivity contribution in [3.63, 3.8) is 0 Å². The quantitative estimate of drug-likeness (QED) is 0.0913. The summed E-state index contributed by atoms with van der Waals surface area (Å²) in [6.07, 6.45) is 11.1. The monoisotopic (exact) mass is 601 g/mol. The smallest absolute Gasteiger partial charge is 0.472 e.